The SMILES string of the molecule is CC(C(=O)n1cc2ccccc2c1)c1ccc(-n2ncc3ccccc3c2=O)cc1. The van der Waals surface area contributed by atoms with Crippen LogP contribution in [0.2, 0.25) is 0 Å². The van der Waals surface area contributed by atoms with Gasteiger partial charge >= 0.3 is 0 Å². The Morgan fingerprint density at radius 3 is 2.10 bits per heavy atom. The molecule has 0 aliphatic rings. The summed E-state index contributed by atoms with van der Waals surface area (Å²) >= 11 is 0. The molecule has 5 aromatic rings. The van der Waals surface area contributed by atoms with Gasteiger partial charge in [-0.1, -0.05) is 54.6 Å². The molecular formula is C25H19N3O2. The third-order valence-corrected chi connectivity index (χ3v) is 5.51. The lowest BCUT2D eigenvalue weighted by Gasteiger charge is -2.13. The van der Waals surface area contributed by atoms with Crippen molar-refractivity contribution in [3.05, 3.63) is 107 Å². The van der Waals surface area contributed by atoms with Crippen LogP contribution >= 0.6 is 0 Å². The number of carbonyl (C=O) groups excluding carboxylic acids is 1. The van der Waals surface area contributed by atoms with E-state index < -0.39 is 0 Å². The van der Waals surface area contributed by atoms with Gasteiger partial charge in [-0.15, -0.1) is 0 Å². The van der Waals surface area contributed by atoms with Crippen LogP contribution in [0.15, 0.2) is 96.2 Å². The lowest BCUT2D eigenvalue weighted by Crippen LogP contribution is -2.21. The highest BCUT2D eigenvalue weighted by atomic mass is 16.2. The number of carbonyl (C=O) groups is 1. The average Bonchev–Trinajstić information content (AvgIpc) is 3.23. The number of benzene rings is 3. The van der Waals surface area contributed by atoms with Crippen molar-refractivity contribution < 1.29 is 4.79 Å². The summed E-state index contributed by atoms with van der Waals surface area (Å²) in [6, 6.07) is 22.7. The van der Waals surface area contributed by atoms with Crippen molar-refractivity contribution in [1.82, 2.24) is 14.3 Å². The van der Waals surface area contributed by atoms with Crippen LogP contribution in [-0.2, 0) is 0 Å². The van der Waals surface area contributed by atoms with Gasteiger partial charge < -0.3 is 0 Å². The summed E-state index contributed by atoms with van der Waals surface area (Å²) in [6.45, 7) is 1.89. The van der Waals surface area contributed by atoms with Crippen LogP contribution in [-0.4, -0.2) is 20.3 Å². The van der Waals surface area contributed by atoms with Gasteiger partial charge in [0.2, 0.25) is 5.91 Å². The van der Waals surface area contributed by atoms with E-state index in [0.29, 0.717) is 11.1 Å². The van der Waals surface area contributed by atoms with Crippen LogP contribution in [0.1, 0.15) is 23.2 Å². The number of nitrogens with zero attached hydrogens (tertiary/aromatic N) is 3. The molecule has 0 bridgehead atoms. The van der Waals surface area contributed by atoms with Crippen LogP contribution in [0.25, 0.3) is 27.2 Å². The number of hydrogen-bond acceptors (Lipinski definition) is 3. The molecular weight excluding hydrogens is 374 g/mol. The minimum Gasteiger partial charge on any atom is -0.293 e. The van der Waals surface area contributed by atoms with E-state index in [0.717, 1.165) is 21.7 Å². The molecule has 1 unspecified atom stereocenters. The van der Waals surface area contributed by atoms with Gasteiger partial charge in [-0.2, -0.15) is 9.78 Å². The maximum atomic E-state index is 13.0. The molecule has 3 aromatic carbocycles. The fraction of sp³-hybridized carbons (Fsp3) is 0.0800. The summed E-state index contributed by atoms with van der Waals surface area (Å²) in [5.41, 5.74) is 1.39. The van der Waals surface area contributed by atoms with Crippen molar-refractivity contribution in [1.29, 1.82) is 0 Å². The second-order valence-electron chi connectivity index (χ2n) is 7.39. The van der Waals surface area contributed by atoms with Crippen LogP contribution in [0.3, 0.4) is 0 Å². The highest BCUT2D eigenvalue weighted by molar-refractivity contribution is 5.92. The summed E-state index contributed by atoms with van der Waals surface area (Å²) in [5.74, 6) is -0.318. The molecule has 0 aliphatic heterocycles. The Bertz CT molecular complexity index is 1410. The van der Waals surface area contributed by atoms with E-state index in [1.807, 2.05) is 86.0 Å². The van der Waals surface area contributed by atoms with Crippen LogP contribution < -0.4 is 5.56 Å². The van der Waals surface area contributed by atoms with Gasteiger partial charge in [0.05, 0.1) is 23.2 Å². The Labute approximate surface area is 172 Å². The van der Waals surface area contributed by atoms with E-state index in [1.165, 1.54) is 4.68 Å². The lowest BCUT2D eigenvalue weighted by molar-refractivity contribution is 0.0885. The Kier molecular flexibility index (Phi) is 4.29. The van der Waals surface area contributed by atoms with Gasteiger partial charge in [-0.3, -0.25) is 14.2 Å². The molecule has 5 rings (SSSR count). The third kappa shape index (κ3) is 3.01. The number of fused-ring (bicyclic) bond motifs is 2. The van der Waals surface area contributed by atoms with Crippen molar-refractivity contribution in [2.45, 2.75) is 12.8 Å². The highest BCUT2D eigenvalue weighted by Crippen LogP contribution is 2.22. The van der Waals surface area contributed by atoms with E-state index in [9.17, 15) is 9.59 Å². The molecule has 0 saturated carbocycles. The van der Waals surface area contributed by atoms with Gasteiger partial charge in [0.1, 0.15) is 0 Å². The first-order chi connectivity index (χ1) is 14.6. The molecule has 5 heteroatoms. The van der Waals surface area contributed by atoms with Crippen LogP contribution in [0.5, 0.6) is 0 Å². The summed E-state index contributed by atoms with van der Waals surface area (Å²) in [4.78, 5) is 25.7. The Morgan fingerprint density at radius 1 is 0.833 bits per heavy atom. The van der Waals surface area contributed by atoms with Gasteiger partial charge in [-0.05, 0) is 41.5 Å². The molecule has 30 heavy (non-hydrogen) atoms. The molecule has 0 amide bonds. The average molecular weight is 393 g/mol. The third-order valence-electron chi connectivity index (χ3n) is 5.51. The maximum absolute atomic E-state index is 13.0. The molecule has 1 atom stereocenters. The first-order valence-corrected chi connectivity index (χ1v) is 9.80. The van der Waals surface area contributed by atoms with Gasteiger partial charge in [0, 0.05) is 17.8 Å². The summed E-state index contributed by atoms with van der Waals surface area (Å²) in [6.07, 6.45) is 5.41. The zero-order chi connectivity index (χ0) is 20.7. The molecule has 5 nitrogen and oxygen atoms in total. The zero-order valence-corrected chi connectivity index (χ0v) is 16.4. The largest absolute Gasteiger partial charge is 0.293 e. The molecule has 0 N–H and O–H groups in total. The molecule has 0 fully saturated rings. The Balaban J connectivity index is 1.45. The van der Waals surface area contributed by atoms with Crippen molar-refractivity contribution in [2.75, 3.05) is 0 Å². The molecule has 2 aromatic heterocycles. The van der Waals surface area contributed by atoms with Gasteiger partial charge in [0.25, 0.3) is 5.56 Å². The quantitative estimate of drug-likeness (QED) is 0.443. The summed E-state index contributed by atoms with van der Waals surface area (Å²) < 4.78 is 3.04. The van der Waals surface area contributed by atoms with E-state index in [1.54, 1.807) is 16.8 Å². The second-order valence-corrected chi connectivity index (χ2v) is 7.39. The highest BCUT2D eigenvalue weighted by Gasteiger charge is 2.18. The summed E-state index contributed by atoms with van der Waals surface area (Å²) in [7, 11) is 0. The van der Waals surface area contributed by atoms with E-state index in [4.69, 9.17) is 0 Å². The van der Waals surface area contributed by atoms with E-state index in [2.05, 4.69) is 5.10 Å². The topological polar surface area (TPSA) is 56.9 Å². The molecule has 146 valence electrons. The second kappa shape index (κ2) is 7.12. The predicted octanol–water partition coefficient (Wildman–Crippen LogP) is 4.78. The van der Waals surface area contributed by atoms with Crippen molar-refractivity contribution in [2.24, 2.45) is 0 Å². The monoisotopic (exact) mass is 393 g/mol. The fourth-order valence-corrected chi connectivity index (χ4v) is 3.76. The van der Waals surface area contributed by atoms with Crippen LogP contribution in [0, 0.1) is 0 Å². The standard InChI is InChI=1S/C25H19N3O2/c1-17(24(29)27-15-20-7-2-3-8-21(20)16-27)18-10-12-22(13-11-18)28-25(30)23-9-5-4-6-19(23)14-26-28/h2-17H,1H3. The first kappa shape index (κ1) is 18.1. The van der Waals surface area contributed by atoms with Crippen molar-refractivity contribution in [3.63, 3.8) is 0 Å². The van der Waals surface area contributed by atoms with E-state index >= 15 is 0 Å². The number of rotatable bonds is 3. The number of aromatic nitrogens is 3. The fourth-order valence-electron chi connectivity index (χ4n) is 3.76. The Morgan fingerprint density at radius 2 is 1.43 bits per heavy atom. The van der Waals surface area contributed by atoms with Crippen molar-refractivity contribution >= 4 is 27.5 Å². The minimum absolute atomic E-state index is 0.0000490. The first-order valence-electron chi connectivity index (χ1n) is 9.80. The predicted molar refractivity (Wildman–Crippen MR) is 118 cm³/mol. The zero-order valence-electron chi connectivity index (χ0n) is 16.4. The minimum atomic E-state index is -0.317. The lowest BCUT2D eigenvalue weighted by atomic mass is 10.00. The Hall–Kier alpha value is -3.99. The van der Waals surface area contributed by atoms with Gasteiger partial charge in [0.15, 0.2) is 0 Å². The molecule has 0 aliphatic carbocycles. The number of hydrogen-bond donors (Lipinski definition) is 0. The van der Waals surface area contributed by atoms with E-state index in [-0.39, 0.29) is 17.4 Å². The molecule has 0 spiro atoms. The van der Waals surface area contributed by atoms with Gasteiger partial charge in [-0.25, -0.2) is 0 Å². The van der Waals surface area contributed by atoms with Crippen LogP contribution in [0.4, 0.5) is 0 Å². The normalized spacial score (nSPS) is 12.3. The summed E-state index contributed by atoms with van der Waals surface area (Å²) in [5, 5.41) is 7.80. The molecule has 0 saturated heterocycles. The van der Waals surface area contributed by atoms with Crippen molar-refractivity contribution in [3.8, 4) is 5.69 Å². The molecule has 2 heterocycles. The maximum Gasteiger partial charge on any atom is 0.279 e. The smallest absolute Gasteiger partial charge is 0.279 e. The molecule has 0 radical (unpaired) electrons.